The van der Waals surface area contributed by atoms with Crippen LogP contribution < -0.4 is 19.6 Å². The van der Waals surface area contributed by atoms with Gasteiger partial charge in [-0.15, -0.1) is 0 Å². The predicted molar refractivity (Wildman–Crippen MR) is 131 cm³/mol. The number of hydrogen-bond acceptors (Lipinski definition) is 7. The van der Waals surface area contributed by atoms with E-state index in [0.717, 1.165) is 0 Å². The second kappa shape index (κ2) is 9.57. The number of fused-ring (bicyclic) bond motifs is 1. The lowest BCUT2D eigenvalue weighted by Crippen LogP contribution is -2.29. The zero-order valence-corrected chi connectivity index (χ0v) is 21.3. The highest BCUT2D eigenvalue weighted by Gasteiger charge is 2.35. The largest absolute Gasteiger partial charge is 0.507 e. The molecule has 1 N–H and O–H groups in total. The fourth-order valence-corrected chi connectivity index (χ4v) is 4.19. The molecular formula is C27H34O7. The molecule has 0 spiro atoms. The summed E-state index contributed by atoms with van der Waals surface area (Å²) in [7, 11) is 2.91. The van der Waals surface area contributed by atoms with Gasteiger partial charge in [0.25, 0.3) is 5.95 Å². The third kappa shape index (κ3) is 4.31. The van der Waals surface area contributed by atoms with Crippen LogP contribution in [0.25, 0.3) is 6.08 Å². The van der Waals surface area contributed by atoms with Gasteiger partial charge in [-0.2, -0.15) is 0 Å². The summed E-state index contributed by atoms with van der Waals surface area (Å²) < 4.78 is 23.1. The number of aryl methyl sites for hydroxylation is 1. The van der Waals surface area contributed by atoms with Gasteiger partial charge in [-0.05, 0) is 39.3 Å². The van der Waals surface area contributed by atoms with Crippen LogP contribution in [0.5, 0.6) is 23.2 Å². The van der Waals surface area contributed by atoms with Crippen molar-refractivity contribution in [2.75, 3.05) is 14.2 Å². The van der Waals surface area contributed by atoms with E-state index in [9.17, 15) is 14.7 Å². The van der Waals surface area contributed by atoms with Gasteiger partial charge in [0, 0.05) is 29.9 Å². The van der Waals surface area contributed by atoms with Crippen molar-refractivity contribution in [3.63, 3.8) is 0 Å². The molecule has 1 atom stereocenters. The van der Waals surface area contributed by atoms with Gasteiger partial charge in [-0.3, -0.25) is 9.59 Å². The number of aromatic hydroxyl groups is 1. The predicted octanol–water partition coefficient (Wildman–Crippen LogP) is 5.24. The van der Waals surface area contributed by atoms with Crippen LogP contribution in [0, 0.1) is 12.8 Å². The van der Waals surface area contributed by atoms with Crippen molar-refractivity contribution < 1.29 is 28.5 Å². The molecule has 2 heterocycles. The summed E-state index contributed by atoms with van der Waals surface area (Å²) in [5.74, 6) is 0.409. The third-order valence-electron chi connectivity index (χ3n) is 6.40. The van der Waals surface area contributed by atoms with Crippen molar-refractivity contribution in [2.45, 2.75) is 66.4 Å². The smallest absolute Gasteiger partial charge is 0.291 e. The molecule has 34 heavy (non-hydrogen) atoms. The quantitative estimate of drug-likeness (QED) is 0.527. The lowest BCUT2D eigenvalue weighted by atomic mass is 9.87. The highest BCUT2D eigenvalue weighted by Crippen LogP contribution is 2.49. The minimum Gasteiger partial charge on any atom is -0.507 e. The van der Waals surface area contributed by atoms with E-state index < -0.39 is 5.60 Å². The molecule has 0 saturated heterocycles. The Hall–Kier alpha value is -3.22. The zero-order chi connectivity index (χ0) is 25.4. The maximum atomic E-state index is 13.4. The molecule has 184 valence electrons. The SMILES string of the molecule is CCc1oc(OC)c(Cc2c(O)c(C(=O)C(C)CC)c3c(c2OC)C=CC(C)(C)O3)c(=O)c1C. The van der Waals surface area contributed by atoms with Crippen molar-refractivity contribution in [3.05, 3.63) is 49.9 Å². The number of ether oxygens (including phenoxy) is 3. The Kier molecular flexibility index (Phi) is 7.15. The number of rotatable bonds is 8. The van der Waals surface area contributed by atoms with E-state index >= 15 is 0 Å². The fourth-order valence-electron chi connectivity index (χ4n) is 4.19. The number of carbonyl (C=O) groups excluding carboxylic acids is 1. The molecular weight excluding hydrogens is 436 g/mol. The number of carbonyl (C=O) groups is 1. The van der Waals surface area contributed by atoms with Gasteiger partial charge in [0.2, 0.25) is 0 Å². The first kappa shape index (κ1) is 25.4. The summed E-state index contributed by atoms with van der Waals surface area (Å²) in [6.45, 7) is 11.1. The van der Waals surface area contributed by atoms with Crippen molar-refractivity contribution in [1.82, 2.24) is 0 Å². The van der Waals surface area contributed by atoms with Crippen LogP contribution in [0.2, 0.25) is 0 Å². The molecule has 0 bridgehead atoms. The van der Waals surface area contributed by atoms with Crippen LogP contribution in [0.4, 0.5) is 0 Å². The van der Waals surface area contributed by atoms with Crippen LogP contribution in [-0.2, 0) is 12.8 Å². The molecule has 0 radical (unpaired) electrons. The Morgan fingerprint density at radius 2 is 1.85 bits per heavy atom. The van der Waals surface area contributed by atoms with E-state index in [4.69, 9.17) is 18.6 Å². The van der Waals surface area contributed by atoms with E-state index in [1.54, 1.807) is 6.92 Å². The second-order valence-electron chi connectivity index (χ2n) is 9.17. The minimum atomic E-state index is -0.673. The molecule has 1 aromatic carbocycles. The number of ketones is 1. The number of methoxy groups -OCH3 is 2. The Balaban J connectivity index is 2.35. The number of Topliss-reactive ketones (excluding diaryl/α,β-unsaturated/α-hetero) is 1. The molecule has 2 aromatic rings. The van der Waals surface area contributed by atoms with Gasteiger partial charge in [0.1, 0.15) is 34.2 Å². The summed E-state index contributed by atoms with van der Waals surface area (Å²) in [4.78, 5) is 26.6. The van der Waals surface area contributed by atoms with Gasteiger partial charge < -0.3 is 23.7 Å². The van der Waals surface area contributed by atoms with Gasteiger partial charge in [0.15, 0.2) is 11.2 Å². The number of benzene rings is 1. The zero-order valence-electron chi connectivity index (χ0n) is 21.3. The highest BCUT2D eigenvalue weighted by molar-refractivity contribution is 6.05. The van der Waals surface area contributed by atoms with Crippen molar-refractivity contribution in [2.24, 2.45) is 5.92 Å². The number of phenols is 1. The van der Waals surface area contributed by atoms with Crippen LogP contribution in [0.15, 0.2) is 15.3 Å². The van der Waals surface area contributed by atoms with E-state index in [1.807, 2.05) is 46.8 Å². The van der Waals surface area contributed by atoms with Crippen LogP contribution in [-0.4, -0.2) is 30.7 Å². The van der Waals surface area contributed by atoms with E-state index in [2.05, 4.69) is 0 Å². The molecule has 0 saturated carbocycles. The summed E-state index contributed by atoms with van der Waals surface area (Å²) in [6.07, 6.45) is 4.79. The summed E-state index contributed by atoms with van der Waals surface area (Å²) in [5.41, 5.74) is 0.768. The molecule has 3 rings (SSSR count). The van der Waals surface area contributed by atoms with Gasteiger partial charge in [-0.1, -0.05) is 20.8 Å². The normalized spacial score (nSPS) is 14.8. The van der Waals surface area contributed by atoms with Crippen molar-refractivity contribution in [1.29, 1.82) is 0 Å². The molecule has 0 amide bonds. The average molecular weight is 471 g/mol. The van der Waals surface area contributed by atoms with E-state index in [-0.39, 0.29) is 52.1 Å². The second-order valence-corrected chi connectivity index (χ2v) is 9.17. The molecule has 0 fully saturated rings. The third-order valence-corrected chi connectivity index (χ3v) is 6.40. The van der Waals surface area contributed by atoms with Crippen LogP contribution >= 0.6 is 0 Å². The topological polar surface area (TPSA) is 95.2 Å². The molecule has 1 aliphatic heterocycles. The highest BCUT2D eigenvalue weighted by atomic mass is 16.6. The van der Waals surface area contributed by atoms with E-state index in [0.29, 0.717) is 41.0 Å². The monoisotopic (exact) mass is 470 g/mol. The lowest BCUT2D eigenvalue weighted by Gasteiger charge is -2.32. The van der Waals surface area contributed by atoms with Crippen LogP contribution in [0.3, 0.4) is 0 Å². The first-order valence-electron chi connectivity index (χ1n) is 11.6. The average Bonchev–Trinajstić information content (AvgIpc) is 2.81. The van der Waals surface area contributed by atoms with E-state index in [1.165, 1.54) is 14.2 Å². The van der Waals surface area contributed by atoms with Gasteiger partial charge >= 0.3 is 0 Å². The Morgan fingerprint density at radius 3 is 2.41 bits per heavy atom. The molecule has 1 aliphatic rings. The van der Waals surface area contributed by atoms with Gasteiger partial charge in [-0.25, -0.2) is 0 Å². The minimum absolute atomic E-state index is 0.0450. The maximum Gasteiger partial charge on any atom is 0.291 e. The Bertz CT molecular complexity index is 1200. The first-order valence-corrected chi connectivity index (χ1v) is 11.6. The molecule has 0 aliphatic carbocycles. The Morgan fingerprint density at radius 1 is 1.18 bits per heavy atom. The van der Waals surface area contributed by atoms with Crippen molar-refractivity contribution >= 4 is 11.9 Å². The lowest BCUT2D eigenvalue weighted by molar-refractivity contribution is 0.0910. The molecule has 1 aromatic heterocycles. The summed E-state index contributed by atoms with van der Waals surface area (Å²) in [6, 6.07) is 0. The standard InChI is InChI=1S/C27H34O7/c1-9-14(3)21(28)20-23(30)17(24(31-7)16-11-12-27(5,6)34-25(16)20)13-18-22(29)15(4)19(10-2)33-26(18)32-8/h11-12,14,30H,9-10,13H2,1-8H3. The maximum absolute atomic E-state index is 13.4. The van der Waals surface area contributed by atoms with Gasteiger partial charge in [0.05, 0.1) is 25.3 Å². The molecule has 7 heteroatoms. The summed E-state index contributed by atoms with van der Waals surface area (Å²) in [5, 5.41) is 11.4. The number of phenolic OH excluding ortho intramolecular Hbond substituents is 1. The Labute approximate surface area is 200 Å². The fraction of sp³-hybridized carbons (Fsp3) is 0.481. The first-order chi connectivity index (χ1) is 16.0. The molecule has 1 unspecified atom stereocenters. The van der Waals surface area contributed by atoms with Crippen molar-refractivity contribution in [3.8, 4) is 23.2 Å². The number of hydrogen-bond donors (Lipinski definition) is 1. The van der Waals surface area contributed by atoms with Crippen LogP contribution in [0.1, 0.15) is 79.4 Å². The summed E-state index contributed by atoms with van der Waals surface area (Å²) >= 11 is 0. The molecule has 7 nitrogen and oxygen atoms in total.